The van der Waals surface area contributed by atoms with E-state index in [1.165, 1.54) is 12.1 Å². The molecule has 0 spiro atoms. The SMILES string of the molecule is CCOC(=O)Cn1cc(CCCC(=O)NS(C)(=O)=O)c2cccc(C=Cc3ccc(OCCCCOc4cccc(F)c4F)cc3)c21. The van der Waals surface area contributed by atoms with E-state index in [4.69, 9.17) is 14.2 Å². The number of nitrogens with one attached hydrogen (secondary N) is 1. The second-order valence-corrected chi connectivity index (χ2v) is 12.6. The average Bonchev–Trinajstić information content (AvgIpc) is 3.37. The van der Waals surface area contributed by atoms with Gasteiger partial charge >= 0.3 is 5.97 Å². The number of rotatable bonds is 17. The van der Waals surface area contributed by atoms with Crippen LogP contribution in [0, 0.1) is 11.6 Å². The highest BCUT2D eigenvalue weighted by Crippen LogP contribution is 2.28. The molecule has 9 nitrogen and oxygen atoms in total. The van der Waals surface area contributed by atoms with Crippen LogP contribution in [0.15, 0.2) is 66.9 Å². The molecule has 0 atom stereocenters. The molecule has 1 aromatic heterocycles. The van der Waals surface area contributed by atoms with E-state index in [0.29, 0.717) is 38.0 Å². The summed E-state index contributed by atoms with van der Waals surface area (Å²) in [6.45, 7) is 2.71. The summed E-state index contributed by atoms with van der Waals surface area (Å²) in [5, 5.41) is 0.926. The van der Waals surface area contributed by atoms with Gasteiger partial charge in [-0.2, -0.15) is 4.39 Å². The van der Waals surface area contributed by atoms with Crippen molar-refractivity contribution in [1.82, 2.24) is 9.29 Å². The number of hydrogen-bond acceptors (Lipinski definition) is 7. The molecule has 1 heterocycles. The largest absolute Gasteiger partial charge is 0.494 e. The van der Waals surface area contributed by atoms with Crippen molar-refractivity contribution in [2.24, 2.45) is 0 Å². The smallest absolute Gasteiger partial charge is 0.325 e. The van der Waals surface area contributed by atoms with Gasteiger partial charge in [0, 0.05) is 18.0 Å². The number of aryl methyl sites for hydroxylation is 1. The molecular weight excluding hydrogens is 630 g/mol. The zero-order valence-electron chi connectivity index (χ0n) is 26.3. The van der Waals surface area contributed by atoms with E-state index < -0.39 is 27.6 Å². The van der Waals surface area contributed by atoms with Gasteiger partial charge in [0.25, 0.3) is 0 Å². The number of para-hydroxylation sites is 1. The Morgan fingerprint density at radius 1 is 0.915 bits per heavy atom. The Hall–Kier alpha value is -4.71. The summed E-state index contributed by atoms with van der Waals surface area (Å²) in [5.41, 5.74) is 3.59. The molecule has 0 unspecified atom stereocenters. The number of nitrogens with zero attached hydrogens (tertiary/aromatic N) is 1. The number of halogens is 2. The molecule has 47 heavy (non-hydrogen) atoms. The van der Waals surface area contributed by atoms with Crippen molar-refractivity contribution in [3.05, 3.63) is 95.2 Å². The lowest BCUT2D eigenvalue weighted by Crippen LogP contribution is -2.29. The first-order valence-electron chi connectivity index (χ1n) is 15.3. The molecule has 12 heteroatoms. The third-order valence-corrected chi connectivity index (χ3v) is 7.68. The van der Waals surface area contributed by atoms with Gasteiger partial charge in [-0.1, -0.05) is 48.6 Å². The summed E-state index contributed by atoms with van der Waals surface area (Å²) < 4.78 is 69.8. The maximum atomic E-state index is 13.7. The zero-order chi connectivity index (χ0) is 33.8. The van der Waals surface area contributed by atoms with Crippen molar-refractivity contribution >= 4 is 45.0 Å². The van der Waals surface area contributed by atoms with Gasteiger partial charge in [-0.3, -0.25) is 14.3 Å². The number of hydrogen-bond donors (Lipinski definition) is 1. The highest BCUT2D eigenvalue weighted by molar-refractivity contribution is 7.89. The third kappa shape index (κ3) is 10.7. The minimum Gasteiger partial charge on any atom is -0.494 e. The average molecular weight is 669 g/mol. The first kappa shape index (κ1) is 35.1. The van der Waals surface area contributed by atoms with Crippen LogP contribution in [0.2, 0.25) is 0 Å². The number of carbonyl (C=O) groups is 2. The molecule has 1 amide bonds. The van der Waals surface area contributed by atoms with E-state index in [2.05, 4.69) is 0 Å². The van der Waals surface area contributed by atoms with Crippen molar-refractivity contribution in [1.29, 1.82) is 0 Å². The van der Waals surface area contributed by atoms with Crippen LogP contribution in [0.1, 0.15) is 49.3 Å². The monoisotopic (exact) mass is 668 g/mol. The molecule has 4 rings (SSSR count). The van der Waals surface area contributed by atoms with E-state index in [0.717, 1.165) is 39.9 Å². The van der Waals surface area contributed by atoms with E-state index in [1.54, 1.807) is 6.92 Å². The van der Waals surface area contributed by atoms with Crippen LogP contribution >= 0.6 is 0 Å². The summed E-state index contributed by atoms with van der Waals surface area (Å²) in [5.74, 6) is -2.27. The molecule has 0 radical (unpaired) electrons. The quantitative estimate of drug-likeness (QED) is 0.0800. The van der Waals surface area contributed by atoms with Gasteiger partial charge in [0.1, 0.15) is 12.3 Å². The third-order valence-electron chi connectivity index (χ3n) is 7.08. The molecule has 0 aliphatic rings. The van der Waals surface area contributed by atoms with Crippen molar-refractivity contribution in [2.45, 2.75) is 45.6 Å². The minimum absolute atomic E-state index is 0.0175. The molecular formula is C35H38F2N2O7S. The minimum atomic E-state index is -3.62. The molecule has 0 saturated heterocycles. The highest BCUT2D eigenvalue weighted by Gasteiger charge is 2.15. The molecule has 4 aromatic rings. The Bertz CT molecular complexity index is 1820. The fourth-order valence-electron chi connectivity index (χ4n) is 5.00. The van der Waals surface area contributed by atoms with Gasteiger partial charge < -0.3 is 18.8 Å². The lowest BCUT2D eigenvalue weighted by Gasteiger charge is -2.09. The maximum absolute atomic E-state index is 13.7. The summed E-state index contributed by atoms with van der Waals surface area (Å²) in [6.07, 6.45) is 9.00. The van der Waals surface area contributed by atoms with E-state index in [-0.39, 0.29) is 37.9 Å². The van der Waals surface area contributed by atoms with Crippen LogP contribution in [0.5, 0.6) is 11.5 Å². The number of carbonyl (C=O) groups excluding carboxylic acids is 2. The van der Waals surface area contributed by atoms with Gasteiger partial charge in [-0.15, -0.1) is 0 Å². The maximum Gasteiger partial charge on any atom is 0.325 e. The number of fused-ring (bicyclic) bond motifs is 1. The van der Waals surface area contributed by atoms with E-state index in [1.807, 2.05) is 70.1 Å². The van der Waals surface area contributed by atoms with Crippen LogP contribution in [0.3, 0.4) is 0 Å². The molecule has 0 aliphatic carbocycles. The Morgan fingerprint density at radius 3 is 2.36 bits per heavy atom. The van der Waals surface area contributed by atoms with Crippen molar-refractivity contribution in [3.63, 3.8) is 0 Å². The predicted octanol–water partition coefficient (Wildman–Crippen LogP) is 6.29. The molecule has 3 aromatic carbocycles. The second-order valence-electron chi connectivity index (χ2n) is 10.8. The van der Waals surface area contributed by atoms with Gasteiger partial charge in [-0.25, -0.2) is 12.8 Å². The Labute approximate surface area is 273 Å². The lowest BCUT2D eigenvalue weighted by atomic mass is 10.0. The van der Waals surface area contributed by atoms with Crippen LogP contribution < -0.4 is 14.2 Å². The normalized spacial score (nSPS) is 11.6. The number of esters is 1. The number of aromatic nitrogens is 1. The molecule has 1 N–H and O–H groups in total. The van der Waals surface area contributed by atoms with Gasteiger partial charge in [0.05, 0.1) is 31.6 Å². The molecule has 0 fully saturated rings. The van der Waals surface area contributed by atoms with Crippen molar-refractivity contribution in [2.75, 3.05) is 26.1 Å². The fraction of sp³-hybridized carbons (Fsp3) is 0.314. The number of amides is 1. The molecule has 0 saturated carbocycles. The highest BCUT2D eigenvalue weighted by atomic mass is 32.2. The predicted molar refractivity (Wildman–Crippen MR) is 176 cm³/mol. The summed E-state index contributed by atoms with van der Waals surface area (Å²) in [6, 6.07) is 17.2. The van der Waals surface area contributed by atoms with Gasteiger partial charge in [-0.05, 0) is 73.6 Å². The van der Waals surface area contributed by atoms with Crippen molar-refractivity contribution < 1.29 is 41.0 Å². The Kier molecular flexibility index (Phi) is 12.5. The number of sulfonamides is 1. The number of benzene rings is 3. The fourth-order valence-corrected chi connectivity index (χ4v) is 5.51. The van der Waals surface area contributed by atoms with Crippen LogP contribution in [-0.2, 0) is 37.3 Å². The van der Waals surface area contributed by atoms with Crippen LogP contribution in [0.25, 0.3) is 23.1 Å². The summed E-state index contributed by atoms with van der Waals surface area (Å²) >= 11 is 0. The van der Waals surface area contributed by atoms with E-state index in [9.17, 15) is 26.8 Å². The topological polar surface area (TPSA) is 113 Å². The first-order valence-corrected chi connectivity index (χ1v) is 17.2. The van der Waals surface area contributed by atoms with Gasteiger partial charge in [0.2, 0.25) is 21.7 Å². The number of unbranched alkanes of at least 4 members (excludes halogenated alkanes) is 1. The van der Waals surface area contributed by atoms with E-state index >= 15 is 0 Å². The Balaban J connectivity index is 1.37. The first-order chi connectivity index (χ1) is 22.5. The summed E-state index contributed by atoms with van der Waals surface area (Å²) in [7, 11) is -3.62. The van der Waals surface area contributed by atoms with Gasteiger partial charge in [0.15, 0.2) is 11.6 Å². The summed E-state index contributed by atoms with van der Waals surface area (Å²) in [4.78, 5) is 24.4. The Morgan fingerprint density at radius 2 is 1.64 bits per heavy atom. The standard InChI is InChI=1S/C35H38F2N2O7S/c1-3-44-33(41)24-39-23-27(10-7-14-32(40)38-47(2,42)43)29-11-6-9-26(35(29)39)18-15-25-16-19-28(20-17-25)45-21-4-5-22-46-31-13-8-12-30(36)34(31)37/h6,8-9,11-13,15-20,23H,3-5,7,10,14,21-22,24H2,1-2H3,(H,38,40). The zero-order valence-corrected chi connectivity index (χ0v) is 27.2. The van der Waals surface area contributed by atoms with Crippen LogP contribution in [0.4, 0.5) is 8.78 Å². The lowest BCUT2D eigenvalue weighted by molar-refractivity contribution is -0.143. The molecule has 0 aliphatic heterocycles. The van der Waals surface area contributed by atoms with Crippen LogP contribution in [-0.4, -0.2) is 50.9 Å². The van der Waals surface area contributed by atoms with Crippen molar-refractivity contribution in [3.8, 4) is 11.5 Å². The number of ether oxygens (including phenoxy) is 3. The second kappa shape index (κ2) is 16.7. The molecule has 0 bridgehead atoms. The molecule has 250 valence electrons.